The van der Waals surface area contributed by atoms with Gasteiger partial charge in [-0.3, -0.25) is 0 Å². The van der Waals surface area contributed by atoms with Crippen molar-refractivity contribution < 1.29 is 9.13 Å². The van der Waals surface area contributed by atoms with Crippen LogP contribution in [0.25, 0.3) is 0 Å². The Hall–Kier alpha value is -2.48. The largest absolute Gasteiger partial charge is 0.402 e. The number of ether oxygens (including phenoxy) is 1. The maximum Gasteiger partial charge on any atom is 0.180 e. The Kier molecular flexibility index (Phi) is 5.73. The van der Waals surface area contributed by atoms with Crippen LogP contribution in [0.1, 0.15) is 31.9 Å². The molecule has 25 heavy (non-hydrogen) atoms. The zero-order valence-corrected chi connectivity index (χ0v) is 14.8. The van der Waals surface area contributed by atoms with Gasteiger partial charge in [-0.15, -0.1) is 0 Å². The highest BCUT2D eigenvalue weighted by molar-refractivity contribution is 5.98. The lowest BCUT2D eigenvalue weighted by atomic mass is 9.84. The number of pyridine rings is 1. The van der Waals surface area contributed by atoms with Gasteiger partial charge >= 0.3 is 0 Å². The first-order valence-corrected chi connectivity index (χ1v) is 8.08. The van der Waals surface area contributed by atoms with E-state index in [4.69, 9.17) is 21.6 Å². The van der Waals surface area contributed by atoms with Crippen molar-refractivity contribution >= 4 is 23.7 Å². The van der Waals surface area contributed by atoms with Gasteiger partial charge in [0.05, 0.1) is 13.2 Å². The smallest absolute Gasteiger partial charge is 0.180 e. The van der Waals surface area contributed by atoms with E-state index >= 15 is 0 Å². The van der Waals surface area contributed by atoms with Gasteiger partial charge in [0.1, 0.15) is 5.82 Å². The molecule has 1 aliphatic heterocycles. The van der Waals surface area contributed by atoms with E-state index in [-0.39, 0.29) is 17.1 Å². The van der Waals surface area contributed by atoms with E-state index in [2.05, 4.69) is 14.9 Å². The lowest BCUT2D eigenvalue weighted by Gasteiger charge is -2.30. The van der Waals surface area contributed by atoms with Crippen molar-refractivity contribution in [2.24, 2.45) is 16.5 Å². The van der Waals surface area contributed by atoms with Crippen molar-refractivity contribution in [3.05, 3.63) is 29.2 Å². The predicted molar refractivity (Wildman–Crippen MR) is 98.5 cm³/mol. The molecule has 0 aromatic carbocycles. The predicted octanol–water partition coefficient (Wildman–Crippen LogP) is 1.97. The Bertz CT molecular complexity index is 702. The standard InChI is InChI=1S/C17H25FN6O/c1-17(2,3)12-8-14(24-4-6-25-7-5-24)22-16(11(12)9-19)23-15(21)13(18)10-20/h8-10,19H,4-7,20H2,1-3H3,(H2,21,22,23)/b13-10+,19-9?. The van der Waals surface area contributed by atoms with E-state index in [1.165, 1.54) is 6.21 Å². The van der Waals surface area contributed by atoms with Crippen LogP contribution < -0.4 is 16.4 Å². The summed E-state index contributed by atoms with van der Waals surface area (Å²) in [4.78, 5) is 10.7. The Balaban J connectivity index is 2.64. The molecule has 0 aliphatic carbocycles. The lowest BCUT2D eigenvalue weighted by Crippen LogP contribution is -2.37. The summed E-state index contributed by atoms with van der Waals surface area (Å²) in [6.07, 6.45) is 1.92. The Labute approximate surface area is 147 Å². The Morgan fingerprint density at radius 3 is 2.56 bits per heavy atom. The average molecular weight is 348 g/mol. The number of anilines is 1. The molecule has 1 aromatic heterocycles. The maximum atomic E-state index is 13.6. The minimum Gasteiger partial charge on any atom is -0.402 e. The summed E-state index contributed by atoms with van der Waals surface area (Å²) in [5.74, 6) is -0.273. The lowest BCUT2D eigenvalue weighted by molar-refractivity contribution is 0.122. The molecule has 136 valence electrons. The molecule has 1 aromatic rings. The first-order valence-electron chi connectivity index (χ1n) is 8.08. The minimum absolute atomic E-state index is 0.207. The molecule has 0 amide bonds. The second-order valence-corrected chi connectivity index (χ2v) is 6.77. The normalized spacial score (nSPS) is 16.9. The number of aliphatic imine (C=N–C) groups is 1. The molecule has 2 rings (SSSR count). The van der Waals surface area contributed by atoms with Crippen LogP contribution in [-0.2, 0) is 10.2 Å². The number of hydrogen-bond donors (Lipinski definition) is 3. The number of hydrogen-bond acceptors (Lipinski definition) is 6. The van der Waals surface area contributed by atoms with E-state index in [1.807, 2.05) is 26.8 Å². The van der Waals surface area contributed by atoms with E-state index < -0.39 is 5.83 Å². The second kappa shape index (κ2) is 7.60. The number of halogens is 1. The summed E-state index contributed by atoms with van der Waals surface area (Å²) in [5, 5.41) is 7.78. The Morgan fingerprint density at radius 1 is 1.40 bits per heavy atom. The van der Waals surface area contributed by atoms with Crippen molar-refractivity contribution in [2.75, 3.05) is 31.2 Å². The molecule has 0 spiro atoms. The fourth-order valence-electron chi connectivity index (χ4n) is 2.58. The Morgan fingerprint density at radius 2 is 2.04 bits per heavy atom. The van der Waals surface area contributed by atoms with Gasteiger partial charge < -0.3 is 26.5 Å². The molecule has 1 fully saturated rings. The summed E-state index contributed by atoms with van der Waals surface area (Å²) in [7, 11) is 0. The molecule has 8 heteroatoms. The van der Waals surface area contributed by atoms with Crippen LogP contribution in [0.5, 0.6) is 0 Å². The van der Waals surface area contributed by atoms with Gasteiger partial charge in [0, 0.05) is 31.1 Å². The van der Waals surface area contributed by atoms with Gasteiger partial charge in [-0.25, -0.2) is 14.4 Å². The third kappa shape index (κ3) is 4.33. The van der Waals surface area contributed by atoms with Crippen molar-refractivity contribution in [2.45, 2.75) is 26.2 Å². The van der Waals surface area contributed by atoms with Crippen molar-refractivity contribution in [3.8, 4) is 0 Å². The van der Waals surface area contributed by atoms with Gasteiger partial charge in [0.25, 0.3) is 0 Å². The van der Waals surface area contributed by atoms with Crippen LogP contribution in [0, 0.1) is 5.41 Å². The third-order valence-electron chi connectivity index (χ3n) is 3.93. The molecule has 1 aliphatic rings. The fourth-order valence-corrected chi connectivity index (χ4v) is 2.58. The molecule has 0 atom stereocenters. The molecule has 0 unspecified atom stereocenters. The van der Waals surface area contributed by atoms with E-state index in [9.17, 15) is 4.39 Å². The average Bonchev–Trinajstić information content (AvgIpc) is 2.60. The number of rotatable bonds is 4. The number of morpholine rings is 1. The van der Waals surface area contributed by atoms with E-state index in [0.717, 1.165) is 11.8 Å². The first kappa shape index (κ1) is 18.9. The molecule has 2 heterocycles. The molecule has 7 nitrogen and oxygen atoms in total. The molecule has 1 saturated heterocycles. The molecule has 0 saturated carbocycles. The van der Waals surface area contributed by atoms with Crippen LogP contribution in [0.3, 0.4) is 0 Å². The van der Waals surface area contributed by atoms with E-state index in [0.29, 0.717) is 37.7 Å². The van der Waals surface area contributed by atoms with Crippen LogP contribution in [-0.4, -0.2) is 43.3 Å². The van der Waals surface area contributed by atoms with Crippen molar-refractivity contribution in [3.63, 3.8) is 0 Å². The van der Waals surface area contributed by atoms with Gasteiger partial charge in [-0.05, 0) is 17.0 Å². The van der Waals surface area contributed by atoms with E-state index in [1.54, 1.807) is 0 Å². The van der Waals surface area contributed by atoms with Gasteiger partial charge in [-0.1, -0.05) is 20.8 Å². The van der Waals surface area contributed by atoms with Crippen LogP contribution in [0.15, 0.2) is 23.1 Å². The molecular weight excluding hydrogens is 323 g/mol. The highest BCUT2D eigenvalue weighted by Gasteiger charge is 2.24. The van der Waals surface area contributed by atoms with Gasteiger partial charge in [0.2, 0.25) is 0 Å². The quantitative estimate of drug-likeness (QED) is 0.569. The zero-order valence-electron chi connectivity index (χ0n) is 14.8. The summed E-state index contributed by atoms with van der Waals surface area (Å²) in [6.45, 7) is 8.75. The third-order valence-corrected chi connectivity index (χ3v) is 3.93. The van der Waals surface area contributed by atoms with Crippen LogP contribution >= 0.6 is 0 Å². The summed E-state index contributed by atoms with van der Waals surface area (Å²) in [6, 6.07) is 1.95. The number of nitrogens with two attached hydrogens (primary N) is 2. The topological polar surface area (TPSA) is 114 Å². The second-order valence-electron chi connectivity index (χ2n) is 6.77. The highest BCUT2D eigenvalue weighted by atomic mass is 19.1. The monoisotopic (exact) mass is 348 g/mol. The highest BCUT2D eigenvalue weighted by Crippen LogP contribution is 2.33. The SMILES string of the molecule is CC(C)(C)c1cc(N2CCOCC2)nc(/N=C(N)\C(F)=C/N)c1C=N. The molecule has 0 bridgehead atoms. The van der Waals surface area contributed by atoms with Crippen molar-refractivity contribution in [1.29, 1.82) is 5.41 Å². The molecule has 5 N–H and O–H groups in total. The van der Waals surface area contributed by atoms with Crippen molar-refractivity contribution in [1.82, 2.24) is 4.98 Å². The number of aromatic nitrogens is 1. The summed E-state index contributed by atoms with van der Waals surface area (Å²) >= 11 is 0. The van der Waals surface area contributed by atoms with Crippen LogP contribution in [0.2, 0.25) is 0 Å². The zero-order chi connectivity index (χ0) is 18.6. The van der Waals surface area contributed by atoms with Gasteiger partial charge in [0.15, 0.2) is 17.5 Å². The summed E-state index contributed by atoms with van der Waals surface area (Å²) < 4.78 is 19.0. The maximum absolute atomic E-state index is 13.6. The number of nitrogens with zero attached hydrogens (tertiary/aromatic N) is 3. The number of nitrogens with one attached hydrogen (secondary N) is 1. The molecule has 0 radical (unpaired) electrons. The first-order chi connectivity index (χ1) is 11.8. The van der Waals surface area contributed by atoms with Gasteiger partial charge in [-0.2, -0.15) is 0 Å². The minimum atomic E-state index is -0.827. The fraction of sp³-hybridized carbons (Fsp3) is 0.471. The summed E-state index contributed by atoms with van der Waals surface area (Å²) in [5.41, 5.74) is 12.0. The van der Waals surface area contributed by atoms with Crippen LogP contribution in [0.4, 0.5) is 16.0 Å². The molecular formula is C17H25FN6O. The number of amidine groups is 1.